The normalized spacial score (nSPS) is 28.6. The summed E-state index contributed by atoms with van der Waals surface area (Å²) in [5.74, 6) is -0.465. The first-order valence-electron chi connectivity index (χ1n) is 10.3. The molecule has 1 unspecified atom stereocenters. The minimum Gasteiger partial charge on any atom is -0.394 e. The molecule has 0 aromatic carbocycles. The fraction of sp³-hybridized carbons (Fsp3) is 0.850. The van der Waals surface area contributed by atoms with Crippen molar-refractivity contribution in [3.05, 3.63) is 12.2 Å². The zero-order valence-corrected chi connectivity index (χ0v) is 16.4. The number of carbonyl (C=O) groups is 1. The van der Waals surface area contributed by atoms with Crippen molar-refractivity contribution in [1.29, 1.82) is 0 Å². The Morgan fingerprint density at radius 1 is 0.963 bits per heavy atom. The van der Waals surface area contributed by atoms with Gasteiger partial charge in [0, 0.05) is 0 Å². The Labute approximate surface area is 162 Å². The number of hydrogen-bond acceptors (Lipinski definition) is 6. The molecule has 1 aliphatic heterocycles. The third kappa shape index (κ3) is 9.17. The molecule has 7 nitrogen and oxygen atoms in total. The maximum absolute atomic E-state index is 11.9. The van der Waals surface area contributed by atoms with E-state index in [2.05, 4.69) is 12.2 Å². The second kappa shape index (κ2) is 14.1. The number of ether oxygens (including phenoxy) is 1. The number of hydrogen-bond donors (Lipinski definition) is 5. The van der Waals surface area contributed by atoms with E-state index >= 15 is 0 Å². The lowest BCUT2D eigenvalue weighted by atomic mass is 9.97. The summed E-state index contributed by atoms with van der Waals surface area (Å²) in [4.78, 5) is 11.9. The van der Waals surface area contributed by atoms with Crippen LogP contribution >= 0.6 is 0 Å². The Kier molecular flexibility index (Phi) is 12.5. The van der Waals surface area contributed by atoms with Gasteiger partial charge in [-0.25, -0.2) is 0 Å². The van der Waals surface area contributed by atoms with Gasteiger partial charge in [0.05, 0.1) is 6.61 Å². The molecule has 1 fully saturated rings. The summed E-state index contributed by atoms with van der Waals surface area (Å²) in [6.45, 7) is 1.69. The summed E-state index contributed by atoms with van der Waals surface area (Å²) in [7, 11) is 0. The van der Waals surface area contributed by atoms with Crippen molar-refractivity contribution in [2.45, 2.75) is 102 Å². The smallest absolute Gasteiger partial charge is 0.244 e. The van der Waals surface area contributed by atoms with Gasteiger partial charge >= 0.3 is 0 Å². The van der Waals surface area contributed by atoms with E-state index in [1.807, 2.05) is 0 Å². The Balaban J connectivity index is 2.15. The van der Waals surface area contributed by atoms with E-state index in [4.69, 9.17) is 9.84 Å². The summed E-state index contributed by atoms with van der Waals surface area (Å²) in [5, 5.41) is 41.1. The molecule has 0 aromatic heterocycles. The zero-order chi connectivity index (χ0) is 20.1. The monoisotopic (exact) mass is 387 g/mol. The number of aliphatic hydroxyl groups excluding tert-OH is 4. The van der Waals surface area contributed by atoms with Crippen molar-refractivity contribution < 1.29 is 30.0 Å². The van der Waals surface area contributed by atoms with Crippen molar-refractivity contribution in [3.63, 3.8) is 0 Å². The lowest BCUT2D eigenvalue weighted by Crippen LogP contribution is -2.64. The van der Waals surface area contributed by atoms with E-state index in [-0.39, 0.29) is 0 Å². The fourth-order valence-corrected chi connectivity index (χ4v) is 3.23. The maximum atomic E-state index is 11.9. The van der Waals surface area contributed by atoms with Crippen LogP contribution in [0.3, 0.4) is 0 Å². The van der Waals surface area contributed by atoms with Gasteiger partial charge in [-0.15, -0.1) is 0 Å². The molecule has 27 heavy (non-hydrogen) atoms. The third-order valence-corrected chi connectivity index (χ3v) is 4.95. The van der Waals surface area contributed by atoms with Crippen LogP contribution in [0.4, 0.5) is 0 Å². The first-order chi connectivity index (χ1) is 13.0. The van der Waals surface area contributed by atoms with E-state index in [9.17, 15) is 20.1 Å². The van der Waals surface area contributed by atoms with Gasteiger partial charge in [0.15, 0.2) is 6.29 Å². The number of carbonyl (C=O) groups excluding carboxylic acids is 1. The Morgan fingerprint density at radius 3 is 2.15 bits per heavy atom. The van der Waals surface area contributed by atoms with Crippen LogP contribution < -0.4 is 5.32 Å². The number of allylic oxidation sites excluding steroid dienone is 1. The molecule has 0 spiro atoms. The van der Waals surface area contributed by atoms with Crippen LogP contribution in [0.2, 0.25) is 0 Å². The summed E-state index contributed by atoms with van der Waals surface area (Å²) in [6, 6.07) is -1.15. The average Bonchev–Trinajstić information content (AvgIpc) is 2.66. The average molecular weight is 388 g/mol. The van der Waals surface area contributed by atoms with E-state index < -0.39 is 43.2 Å². The van der Waals surface area contributed by atoms with Gasteiger partial charge in [-0.05, 0) is 18.9 Å². The van der Waals surface area contributed by atoms with Crippen LogP contribution in [-0.2, 0) is 9.53 Å². The summed E-state index contributed by atoms with van der Waals surface area (Å²) in [5.41, 5.74) is 0. The summed E-state index contributed by atoms with van der Waals surface area (Å²) < 4.78 is 5.00. The number of nitrogens with one attached hydrogen (secondary N) is 1. The molecule has 0 aromatic rings. The van der Waals surface area contributed by atoms with Crippen LogP contribution in [-0.4, -0.2) is 63.6 Å². The predicted octanol–water partition coefficient (Wildman–Crippen LogP) is 1.38. The van der Waals surface area contributed by atoms with Gasteiger partial charge in [-0.2, -0.15) is 0 Å². The molecule has 5 N–H and O–H groups in total. The molecule has 7 heteroatoms. The van der Waals surface area contributed by atoms with E-state index in [0.29, 0.717) is 0 Å². The highest BCUT2D eigenvalue weighted by Crippen LogP contribution is 2.19. The van der Waals surface area contributed by atoms with Crippen LogP contribution in [0.1, 0.15) is 71.1 Å². The maximum Gasteiger partial charge on any atom is 0.244 e. The number of rotatable bonds is 13. The van der Waals surface area contributed by atoms with Gasteiger partial charge in [0.2, 0.25) is 5.91 Å². The van der Waals surface area contributed by atoms with Crippen molar-refractivity contribution >= 4 is 5.91 Å². The topological polar surface area (TPSA) is 119 Å². The molecular weight excluding hydrogens is 350 g/mol. The van der Waals surface area contributed by atoms with Crippen molar-refractivity contribution in [2.75, 3.05) is 6.61 Å². The van der Waals surface area contributed by atoms with Gasteiger partial charge in [-0.3, -0.25) is 4.79 Å². The van der Waals surface area contributed by atoms with Crippen molar-refractivity contribution in [3.8, 4) is 0 Å². The quantitative estimate of drug-likeness (QED) is 0.241. The molecule has 0 aliphatic carbocycles. The minimum absolute atomic E-state index is 0.465. The van der Waals surface area contributed by atoms with Crippen molar-refractivity contribution in [2.24, 2.45) is 0 Å². The van der Waals surface area contributed by atoms with E-state index in [1.165, 1.54) is 51.0 Å². The lowest BCUT2D eigenvalue weighted by Gasteiger charge is -2.40. The van der Waals surface area contributed by atoms with Crippen LogP contribution in [0.15, 0.2) is 12.2 Å². The van der Waals surface area contributed by atoms with Gasteiger partial charge in [-0.1, -0.05) is 64.4 Å². The Bertz CT molecular complexity index is 431. The first kappa shape index (κ1) is 24.0. The zero-order valence-electron chi connectivity index (χ0n) is 16.4. The Morgan fingerprint density at radius 2 is 1.56 bits per heavy atom. The van der Waals surface area contributed by atoms with Crippen molar-refractivity contribution in [1.82, 2.24) is 5.32 Å². The molecule has 1 aliphatic rings. The first-order valence-corrected chi connectivity index (χ1v) is 10.3. The highest BCUT2D eigenvalue weighted by Gasteiger charge is 2.44. The highest BCUT2D eigenvalue weighted by atomic mass is 16.6. The lowest BCUT2D eigenvalue weighted by molar-refractivity contribution is -0.253. The number of amides is 1. The van der Waals surface area contributed by atoms with Gasteiger partial charge in [0.25, 0.3) is 0 Å². The molecule has 1 heterocycles. The Hall–Kier alpha value is -0.990. The number of aliphatic hydroxyl groups is 4. The van der Waals surface area contributed by atoms with Gasteiger partial charge < -0.3 is 30.5 Å². The summed E-state index contributed by atoms with van der Waals surface area (Å²) in [6.07, 6.45) is 9.78. The molecule has 158 valence electrons. The van der Waals surface area contributed by atoms with Crippen LogP contribution in [0.25, 0.3) is 0 Å². The molecule has 1 rings (SSSR count). The van der Waals surface area contributed by atoms with E-state index in [1.54, 1.807) is 6.08 Å². The largest absolute Gasteiger partial charge is 0.394 e. The standard InChI is InChI=1S/C20H37NO6/c1-2-3-4-5-6-7-8-9-10-11-12-13-16(23)21-17-19(25)18(24)15(14-22)27-20(17)26/h12-13,15,17-20,22,24-26H,2-11,14H2,1H3,(H,21,23)/t15-,17-,18-,19-,20?/m1/s1. The van der Waals surface area contributed by atoms with Crippen LogP contribution in [0, 0.1) is 0 Å². The molecule has 0 saturated carbocycles. The SMILES string of the molecule is CCCCCCCCCCCC=CC(=O)N[C@H]1C(O)O[C@H](CO)[C@@H](O)[C@@H]1O. The fourth-order valence-electron chi connectivity index (χ4n) is 3.23. The molecule has 5 atom stereocenters. The van der Waals surface area contributed by atoms with Gasteiger partial charge in [0.1, 0.15) is 24.4 Å². The molecule has 1 amide bonds. The second-order valence-corrected chi connectivity index (χ2v) is 7.28. The molecular formula is C20H37NO6. The third-order valence-electron chi connectivity index (χ3n) is 4.95. The molecule has 0 radical (unpaired) electrons. The van der Waals surface area contributed by atoms with Crippen LogP contribution in [0.5, 0.6) is 0 Å². The minimum atomic E-state index is -1.49. The molecule has 0 bridgehead atoms. The molecule has 1 saturated heterocycles. The highest BCUT2D eigenvalue weighted by molar-refractivity contribution is 5.87. The number of unbranched alkanes of at least 4 members (excludes halogenated alkanes) is 9. The summed E-state index contributed by atoms with van der Waals surface area (Å²) >= 11 is 0. The second-order valence-electron chi connectivity index (χ2n) is 7.28. The van der Waals surface area contributed by atoms with E-state index in [0.717, 1.165) is 19.3 Å². The predicted molar refractivity (Wildman–Crippen MR) is 103 cm³/mol.